The predicted molar refractivity (Wildman–Crippen MR) is 75.2 cm³/mol. The molecule has 0 heterocycles. The van der Waals surface area contributed by atoms with E-state index in [1.54, 1.807) is 6.07 Å². The minimum atomic E-state index is -0.530. The molecule has 0 fully saturated rings. The average molecular weight is 280 g/mol. The van der Waals surface area contributed by atoms with Crippen LogP contribution in [0, 0.1) is 12.7 Å². The molecule has 0 spiro atoms. The molecule has 2 rings (SSSR count). The highest BCUT2D eigenvalue weighted by Crippen LogP contribution is 2.33. The summed E-state index contributed by atoms with van der Waals surface area (Å²) in [4.78, 5) is 0. The quantitative estimate of drug-likeness (QED) is 0.926. The van der Waals surface area contributed by atoms with Crippen LogP contribution in [0.25, 0.3) is 0 Å². The number of hydrogen-bond donors (Lipinski definition) is 1. The summed E-state index contributed by atoms with van der Waals surface area (Å²) in [6, 6.07) is 9.37. The highest BCUT2D eigenvalue weighted by molar-refractivity contribution is 6.32. The van der Waals surface area contributed by atoms with Gasteiger partial charge >= 0.3 is 0 Å². The van der Waals surface area contributed by atoms with Gasteiger partial charge in [-0.1, -0.05) is 29.8 Å². The molecule has 0 bridgehead atoms. The molecule has 4 heteroatoms. The Bertz CT molecular complexity index is 601. The number of ether oxygens (including phenoxy) is 1. The fourth-order valence-corrected chi connectivity index (χ4v) is 2.27. The van der Waals surface area contributed by atoms with E-state index in [0.29, 0.717) is 16.3 Å². The fraction of sp³-hybridized carbons (Fsp3) is 0.200. The maximum atomic E-state index is 13.4. The minimum Gasteiger partial charge on any atom is -0.496 e. The van der Waals surface area contributed by atoms with Crippen LogP contribution < -0.4 is 10.5 Å². The Hall–Kier alpha value is -1.58. The van der Waals surface area contributed by atoms with E-state index in [1.165, 1.54) is 19.2 Å². The molecule has 19 heavy (non-hydrogen) atoms. The Morgan fingerprint density at radius 3 is 2.63 bits per heavy atom. The van der Waals surface area contributed by atoms with Crippen LogP contribution in [-0.2, 0) is 0 Å². The van der Waals surface area contributed by atoms with Gasteiger partial charge in [0.05, 0.1) is 13.2 Å². The first-order valence-electron chi connectivity index (χ1n) is 5.88. The maximum absolute atomic E-state index is 13.4. The number of hydrogen-bond acceptors (Lipinski definition) is 2. The molecule has 2 aromatic carbocycles. The first-order chi connectivity index (χ1) is 9.04. The third-order valence-electron chi connectivity index (χ3n) is 3.08. The smallest absolute Gasteiger partial charge is 0.124 e. The number of halogens is 2. The lowest BCUT2D eigenvalue weighted by Crippen LogP contribution is -2.14. The third kappa shape index (κ3) is 2.72. The van der Waals surface area contributed by atoms with Crippen LogP contribution in [0.5, 0.6) is 5.75 Å². The number of rotatable bonds is 3. The van der Waals surface area contributed by atoms with Crippen molar-refractivity contribution in [3.8, 4) is 5.75 Å². The van der Waals surface area contributed by atoms with E-state index in [9.17, 15) is 4.39 Å². The minimum absolute atomic E-state index is 0.352. The molecule has 0 amide bonds. The molecule has 0 saturated carbocycles. The van der Waals surface area contributed by atoms with Gasteiger partial charge in [-0.15, -0.1) is 0 Å². The van der Waals surface area contributed by atoms with Gasteiger partial charge in [-0.2, -0.15) is 0 Å². The molecule has 0 aliphatic heterocycles. The summed E-state index contributed by atoms with van der Waals surface area (Å²) in [5.74, 6) is 0.196. The number of nitrogens with two attached hydrogens (primary N) is 1. The Kier molecular flexibility index (Phi) is 4.08. The van der Waals surface area contributed by atoms with E-state index < -0.39 is 6.04 Å². The van der Waals surface area contributed by atoms with Gasteiger partial charge in [0.2, 0.25) is 0 Å². The zero-order valence-corrected chi connectivity index (χ0v) is 11.5. The van der Waals surface area contributed by atoms with Crippen LogP contribution in [0.3, 0.4) is 0 Å². The maximum Gasteiger partial charge on any atom is 0.124 e. The van der Waals surface area contributed by atoms with E-state index >= 15 is 0 Å². The van der Waals surface area contributed by atoms with Gasteiger partial charge in [-0.3, -0.25) is 0 Å². The van der Waals surface area contributed by atoms with Gasteiger partial charge in [0.15, 0.2) is 0 Å². The van der Waals surface area contributed by atoms with Crippen molar-refractivity contribution in [2.75, 3.05) is 7.11 Å². The van der Waals surface area contributed by atoms with Gasteiger partial charge in [-0.25, -0.2) is 4.39 Å². The largest absolute Gasteiger partial charge is 0.496 e. The zero-order chi connectivity index (χ0) is 14.0. The second kappa shape index (κ2) is 5.59. The summed E-state index contributed by atoms with van der Waals surface area (Å²) in [7, 11) is 1.53. The molecule has 2 N–H and O–H groups in total. The van der Waals surface area contributed by atoms with Gasteiger partial charge in [0.1, 0.15) is 11.6 Å². The first kappa shape index (κ1) is 13.8. The molecule has 0 aliphatic rings. The Morgan fingerprint density at radius 1 is 1.21 bits per heavy atom. The van der Waals surface area contributed by atoms with Crippen molar-refractivity contribution < 1.29 is 9.13 Å². The van der Waals surface area contributed by atoms with Crippen LogP contribution in [0.4, 0.5) is 4.39 Å². The number of benzene rings is 2. The summed E-state index contributed by atoms with van der Waals surface area (Å²) in [6.07, 6.45) is 0. The van der Waals surface area contributed by atoms with Crippen molar-refractivity contribution in [2.45, 2.75) is 13.0 Å². The molecule has 2 aromatic rings. The predicted octanol–water partition coefficient (Wildman–Crippen LogP) is 3.84. The van der Waals surface area contributed by atoms with Crippen LogP contribution >= 0.6 is 11.6 Å². The molecule has 0 aromatic heterocycles. The Labute approximate surface area is 117 Å². The average Bonchev–Trinajstić information content (AvgIpc) is 2.41. The Morgan fingerprint density at radius 2 is 1.95 bits per heavy atom. The zero-order valence-electron chi connectivity index (χ0n) is 10.8. The van der Waals surface area contributed by atoms with Crippen LogP contribution in [0.1, 0.15) is 22.7 Å². The Balaban J connectivity index is 2.52. The van der Waals surface area contributed by atoms with Gasteiger partial charge < -0.3 is 10.5 Å². The normalized spacial score (nSPS) is 12.3. The van der Waals surface area contributed by atoms with Gasteiger partial charge in [0.25, 0.3) is 0 Å². The highest BCUT2D eigenvalue weighted by Gasteiger charge is 2.18. The van der Waals surface area contributed by atoms with Gasteiger partial charge in [0, 0.05) is 10.6 Å². The van der Waals surface area contributed by atoms with Crippen molar-refractivity contribution in [2.24, 2.45) is 5.73 Å². The van der Waals surface area contributed by atoms with Crippen LogP contribution in [0.2, 0.25) is 5.02 Å². The van der Waals surface area contributed by atoms with Crippen molar-refractivity contribution in [1.29, 1.82) is 0 Å². The molecule has 100 valence electrons. The third-order valence-corrected chi connectivity index (χ3v) is 3.60. The lowest BCUT2D eigenvalue weighted by atomic mass is 9.97. The summed E-state index contributed by atoms with van der Waals surface area (Å²) in [5.41, 5.74) is 8.47. The summed E-state index contributed by atoms with van der Waals surface area (Å²) in [6.45, 7) is 1.90. The molecular weight excluding hydrogens is 265 g/mol. The highest BCUT2D eigenvalue weighted by atomic mass is 35.5. The molecule has 0 saturated heterocycles. The molecule has 2 nitrogen and oxygen atoms in total. The van der Waals surface area contributed by atoms with Crippen LogP contribution in [0.15, 0.2) is 36.4 Å². The summed E-state index contributed by atoms with van der Waals surface area (Å²) in [5, 5.41) is 0.598. The van der Waals surface area contributed by atoms with Gasteiger partial charge in [-0.05, 0) is 36.2 Å². The molecular formula is C15H15ClFNO. The lowest BCUT2D eigenvalue weighted by molar-refractivity contribution is 0.406. The van der Waals surface area contributed by atoms with E-state index in [1.807, 2.05) is 25.1 Å². The van der Waals surface area contributed by atoms with Crippen molar-refractivity contribution in [3.05, 3.63) is 63.9 Å². The first-order valence-corrected chi connectivity index (χ1v) is 6.26. The SMILES string of the molecule is COc1ccc(F)cc1C(N)c1cccc(C)c1Cl. The molecule has 0 radical (unpaired) electrons. The second-order valence-electron chi connectivity index (χ2n) is 4.34. The van der Waals surface area contributed by atoms with E-state index in [4.69, 9.17) is 22.1 Å². The van der Waals surface area contributed by atoms with Crippen molar-refractivity contribution in [1.82, 2.24) is 0 Å². The topological polar surface area (TPSA) is 35.2 Å². The lowest BCUT2D eigenvalue weighted by Gasteiger charge is -2.18. The van der Waals surface area contributed by atoms with Crippen molar-refractivity contribution in [3.63, 3.8) is 0 Å². The van der Waals surface area contributed by atoms with E-state index in [2.05, 4.69) is 0 Å². The summed E-state index contributed by atoms with van der Waals surface area (Å²) < 4.78 is 18.6. The van der Waals surface area contributed by atoms with E-state index in [-0.39, 0.29) is 5.82 Å². The molecule has 0 aliphatic carbocycles. The fourth-order valence-electron chi connectivity index (χ4n) is 2.03. The monoisotopic (exact) mass is 279 g/mol. The number of aryl methyl sites for hydroxylation is 1. The summed E-state index contributed by atoms with van der Waals surface area (Å²) >= 11 is 6.26. The molecule has 1 atom stereocenters. The van der Waals surface area contributed by atoms with E-state index in [0.717, 1.165) is 11.1 Å². The standard InChI is InChI=1S/C15H15ClFNO/c1-9-4-3-5-11(14(9)16)15(18)12-8-10(17)6-7-13(12)19-2/h3-8,15H,18H2,1-2H3. The number of methoxy groups -OCH3 is 1. The second-order valence-corrected chi connectivity index (χ2v) is 4.72. The van der Waals surface area contributed by atoms with Crippen LogP contribution in [-0.4, -0.2) is 7.11 Å². The van der Waals surface area contributed by atoms with Crippen molar-refractivity contribution >= 4 is 11.6 Å². The molecule has 1 unspecified atom stereocenters.